The third-order valence-corrected chi connectivity index (χ3v) is 5.11. The smallest absolute Gasteiger partial charge is 0.291 e. The van der Waals surface area contributed by atoms with Gasteiger partial charge in [0.25, 0.3) is 5.56 Å². The Kier molecular flexibility index (Phi) is 4.92. The number of carbonyl (C=O) groups is 1. The van der Waals surface area contributed by atoms with E-state index in [1.807, 2.05) is 54.8 Å². The maximum absolute atomic E-state index is 13.3. The van der Waals surface area contributed by atoms with Gasteiger partial charge in [0, 0.05) is 28.9 Å². The molecule has 4 rings (SSSR count). The second-order valence-corrected chi connectivity index (χ2v) is 7.62. The van der Waals surface area contributed by atoms with E-state index in [-0.39, 0.29) is 24.1 Å². The van der Waals surface area contributed by atoms with Crippen LogP contribution in [0, 0.1) is 6.92 Å². The largest absolute Gasteiger partial charge is 0.352 e. The molecule has 0 aliphatic heterocycles. The zero-order valence-electron chi connectivity index (χ0n) is 16.8. The summed E-state index contributed by atoms with van der Waals surface area (Å²) < 4.78 is 3.28. The van der Waals surface area contributed by atoms with Gasteiger partial charge in [0.2, 0.25) is 5.91 Å². The maximum Gasteiger partial charge on any atom is 0.291 e. The number of benzene rings is 2. The predicted octanol–water partition coefficient (Wildman–Crippen LogP) is 3.23. The average Bonchev–Trinajstić information content (AvgIpc) is 3.00. The molecule has 2 aromatic heterocycles. The standard InChI is InChI=1S/C23H24N4O2/c1-15(2)25-21(28)14-27-23(29)22-19(12-24-27)18-10-6-7-11-20(18)26(22)13-17-9-5-4-8-16(17)3/h4-12,15H,13-14H2,1-3H3,(H,25,28). The molecule has 0 unspecified atom stereocenters. The van der Waals surface area contributed by atoms with Crippen LogP contribution in [0.2, 0.25) is 0 Å². The average molecular weight is 388 g/mol. The van der Waals surface area contributed by atoms with Gasteiger partial charge in [-0.2, -0.15) is 5.10 Å². The van der Waals surface area contributed by atoms with Crippen molar-refractivity contribution >= 4 is 27.7 Å². The monoisotopic (exact) mass is 388 g/mol. The Bertz CT molecular complexity index is 1270. The quantitative estimate of drug-likeness (QED) is 0.571. The Balaban J connectivity index is 1.90. The van der Waals surface area contributed by atoms with Crippen molar-refractivity contribution in [3.63, 3.8) is 0 Å². The summed E-state index contributed by atoms with van der Waals surface area (Å²) in [5, 5.41) is 8.87. The molecule has 0 bridgehead atoms. The lowest BCUT2D eigenvalue weighted by molar-refractivity contribution is -0.122. The minimum atomic E-state index is -0.258. The van der Waals surface area contributed by atoms with Crippen LogP contribution >= 0.6 is 0 Å². The number of nitrogens with zero attached hydrogens (tertiary/aromatic N) is 3. The highest BCUT2D eigenvalue weighted by Crippen LogP contribution is 2.27. The van der Waals surface area contributed by atoms with Gasteiger partial charge in [0.15, 0.2) is 0 Å². The SMILES string of the molecule is Cc1ccccc1Cn1c2ccccc2c2cnn(CC(=O)NC(C)C)c(=O)c21. The second kappa shape index (κ2) is 7.54. The number of hydrogen-bond acceptors (Lipinski definition) is 3. The first-order valence-electron chi connectivity index (χ1n) is 9.76. The number of carbonyl (C=O) groups excluding carboxylic acids is 1. The van der Waals surface area contributed by atoms with E-state index in [9.17, 15) is 9.59 Å². The molecule has 0 aliphatic carbocycles. The Labute approximate surface area is 168 Å². The van der Waals surface area contributed by atoms with Gasteiger partial charge >= 0.3 is 0 Å². The van der Waals surface area contributed by atoms with Crippen LogP contribution < -0.4 is 10.9 Å². The Morgan fingerprint density at radius 3 is 2.55 bits per heavy atom. The summed E-state index contributed by atoms with van der Waals surface area (Å²) >= 11 is 0. The molecule has 0 fully saturated rings. The van der Waals surface area contributed by atoms with E-state index in [0.29, 0.717) is 12.1 Å². The fourth-order valence-corrected chi connectivity index (χ4v) is 3.73. The third-order valence-electron chi connectivity index (χ3n) is 5.11. The van der Waals surface area contributed by atoms with Crippen molar-refractivity contribution < 1.29 is 4.79 Å². The molecule has 0 spiro atoms. The molecule has 0 aliphatic rings. The van der Waals surface area contributed by atoms with E-state index < -0.39 is 0 Å². The summed E-state index contributed by atoms with van der Waals surface area (Å²) in [6.45, 7) is 6.32. The van der Waals surface area contributed by atoms with E-state index in [0.717, 1.165) is 21.9 Å². The lowest BCUT2D eigenvalue weighted by Gasteiger charge is -2.11. The summed E-state index contributed by atoms with van der Waals surface area (Å²) in [5.41, 5.74) is 3.61. The van der Waals surface area contributed by atoms with Crippen LogP contribution in [0.25, 0.3) is 21.8 Å². The number of para-hydroxylation sites is 1. The summed E-state index contributed by atoms with van der Waals surface area (Å²) in [5.74, 6) is -0.226. The van der Waals surface area contributed by atoms with Crippen LogP contribution in [0.1, 0.15) is 25.0 Å². The van der Waals surface area contributed by atoms with Gasteiger partial charge in [-0.25, -0.2) is 4.68 Å². The first-order chi connectivity index (χ1) is 14.0. The lowest BCUT2D eigenvalue weighted by atomic mass is 10.1. The molecule has 148 valence electrons. The van der Waals surface area contributed by atoms with Gasteiger partial charge in [0.1, 0.15) is 12.1 Å². The van der Waals surface area contributed by atoms with E-state index in [4.69, 9.17) is 0 Å². The minimum absolute atomic E-state index is 0.00874. The zero-order chi connectivity index (χ0) is 20.5. The van der Waals surface area contributed by atoms with E-state index in [1.165, 1.54) is 10.2 Å². The Morgan fingerprint density at radius 1 is 1.07 bits per heavy atom. The summed E-state index contributed by atoms with van der Waals surface area (Å²) in [6, 6.07) is 16.1. The highest BCUT2D eigenvalue weighted by Gasteiger charge is 2.17. The predicted molar refractivity (Wildman–Crippen MR) is 115 cm³/mol. The minimum Gasteiger partial charge on any atom is -0.352 e. The van der Waals surface area contributed by atoms with Gasteiger partial charge in [-0.05, 0) is 38.0 Å². The molecule has 2 heterocycles. The number of hydrogen-bond donors (Lipinski definition) is 1. The molecule has 6 heteroatoms. The van der Waals surface area contributed by atoms with Gasteiger partial charge in [-0.1, -0.05) is 42.5 Å². The number of amides is 1. The summed E-state index contributed by atoms with van der Waals surface area (Å²) in [4.78, 5) is 25.5. The first-order valence-corrected chi connectivity index (χ1v) is 9.76. The fraction of sp³-hybridized carbons (Fsp3) is 0.261. The molecule has 6 nitrogen and oxygen atoms in total. The third kappa shape index (κ3) is 3.53. The topological polar surface area (TPSA) is 68.9 Å². The van der Waals surface area contributed by atoms with Crippen molar-refractivity contribution in [2.75, 3.05) is 0 Å². The number of aryl methyl sites for hydroxylation is 1. The molecule has 0 saturated heterocycles. The number of aromatic nitrogens is 3. The maximum atomic E-state index is 13.3. The van der Waals surface area contributed by atoms with Crippen LogP contribution in [-0.4, -0.2) is 26.3 Å². The van der Waals surface area contributed by atoms with Crippen LogP contribution in [0.15, 0.2) is 59.5 Å². The van der Waals surface area contributed by atoms with Crippen molar-refractivity contribution in [2.45, 2.75) is 39.9 Å². The fourth-order valence-electron chi connectivity index (χ4n) is 3.73. The molecule has 0 atom stereocenters. The first kappa shape index (κ1) is 18.9. The van der Waals surface area contributed by atoms with Crippen molar-refractivity contribution in [1.29, 1.82) is 0 Å². The molecular weight excluding hydrogens is 364 g/mol. The summed E-state index contributed by atoms with van der Waals surface area (Å²) in [7, 11) is 0. The van der Waals surface area contributed by atoms with Crippen LogP contribution in [0.3, 0.4) is 0 Å². The highest BCUT2D eigenvalue weighted by molar-refractivity contribution is 6.07. The second-order valence-electron chi connectivity index (χ2n) is 7.62. The van der Waals surface area contributed by atoms with E-state index >= 15 is 0 Å². The molecule has 1 N–H and O–H groups in total. The Morgan fingerprint density at radius 2 is 1.79 bits per heavy atom. The molecule has 1 amide bonds. The molecule has 2 aromatic carbocycles. The lowest BCUT2D eigenvalue weighted by Crippen LogP contribution is -2.37. The number of nitrogens with one attached hydrogen (secondary N) is 1. The Hall–Kier alpha value is -3.41. The molecular formula is C23H24N4O2. The number of rotatable bonds is 5. The van der Waals surface area contributed by atoms with Crippen molar-refractivity contribution in [2.24, 2.45) is 0 Å². The van der Waals surface area contributed by atoms with Crippen LogP contribution in [-0.2, 0) is 17.9 Å². The summed E-state index contributed by atoms with van der Waals surface area (Å²) in [6.07, 6.45) is 1.69. The van der Waals surface area contributed by atoms with E-state index in [2.05, 4.69) is 29.5 Å². The van der Waals surface area contributed by atoms with Crippen LogP contribution in [0.4, 0.5) is 0 Å². The van der Waals surface area contributed by atoms with Gasteiger partial charge in [-0.15, -0.1) is 0 Å². The zero-order valence-corrected chi connectivity index (χ0v) is 16.8. The van der Waals surface area contributed by atoms with Gasteiger partial charge in [0.05, 0.1) is 6.20 Å². The molecule has 29 heavy (non-hydrogen) atoms. The van der Waals surface area contributed by atoms with Crippen LogP contribution in [0.5, 0.6) is 0 Å². The van der Waals surface area contributed by atoms with Gasteiger partial charge < -0.3 is 9.88 Å². The molecule has 0 saturated carbocycles. The normalized spacial score (nSPS) is 11.4. The number of fused-ring (bicyclic) bond motifs is 3. The van der Waals surface area contributed by atoms with Crippen molar-refractivity contribution in [3.05, 3.63) is 76.2 Å². The molecule has 0 radical (unpaired) electrons. The highest BCUT2D eigenvalue weighted by atomic mass is 16.2. The van der Waals surface area contributed by atoms with E-state index in [1.54, 1.807) is 6.20 Å². The molecule has 4 aromatic rings. The van der Waals surface area contributed by atoms with Gasteiger partial charge in [-0.3, -0.25) is 9.59 Å². The van der Waals surface area contributed by atoms with Crippen molar-refractivity contribution in [1.82, 2.24) is 19.7 Å². The van der Waals surface area contributed by atoms with Crippen molar-refractivity contribution in [3.8, 4) is 0 Å².